The fraction of sp³-hybridized carbons (Fsp3) is 0. The van der Waals surface area contributed by atoms with Crippen molar-refractivity contribution in [2.45, 2.75) is 0 Å². The van der Waals surface area contributed by atoms with Gasteiger partial charge in [-0.2, -0.15) is 4.98 Å². The molecule has 0 fully saturated rings. The number of benzene rings is 6. The van der Waals surface area contributed by atoms with Crippen LogP contribution in [0.15, 0.2) is 182 Å². The van der Waals surface area contributed by atoms with Gasteiger partial charge in [-0.25, -0.2) is 15.1 Å². The van der Waals surface area contributed by atoms with Gasteiger partial charge in [-0.05, 0) is 0 Å². The second-order valence-electron chi connectivity index (χ2n) is 12.1. The second kappa shape index (κ2) is 13.1. The van der Waals surface area contributed by atoms with Crippen LogP contribution in [-0.2, 0) is 0 Å². The molecule has 51 heavy (non-hydrogen) atoms. The molecule has 7 heteroatoms. The number of aromatic nitrogens is 7. The van der Waals surface area contributed by atoms with E-state index in [0.717, 1.165) is 67.8 Å². The second-order valence-corrected chi connectivity index (χ2v) is 12.1. The molecule has 0 saturated carbocycles. The molecule has 242 valence electrons. The number of rotatable bonds is 8. The van der Waals surface area contributed by atoms with Gasteiger partial charge in [0.25, 0.3) is 5.95 Å². The summed E-state index contributed by atoms with van der Waals surface area (Å²) in [5, 5.41) is 8.26. The molecule has 0 aliphatic rings. The lowest BCUT2D eigenvalue weighted by Crippen LogP contribution is -2.04. The molecule has 7 nitrogen and oxygen atoms in total. The molecule has 3 heterocycles. The minimum atomic E-state index is 0.463. The number of imidazole rings is 2. The fourth-order valence-corrected chi connectivity index (χ4v) is 6.57. The van der Waals surface area contributed by atoms with Gasteiger partial charge >= 0.3 is 0 Å². The molecular weight excluding hydrogens is 627 g/mol. The van der Waals surface area contributed by atoms with Crippen LogP contribution in [0, 0.1) is 0 Å². The van der Waals surface area contributed by atoms with Gasteiger partial charge < -0.3 is 0 Å². The van der Waals surface area contributed by atoms with E-state index in [1.807, 2.05) is 109 Å². The Labute approximate surface area is 295 Å². The first-order valence-electron chi connectivity index (χ1n) is 16.8. The third kappa shape index (κ3) is 5.53. The lowest BCUT2D eigenvalue weighted by atomic mass is 10.0. The van der Waals surface area contributed by atoms with E-state index in [-0.39, 0.29) is 0 Å². The summed E-state index contributed by atoms with van der Waals surface area (Å²) in [7, 11) is 0. The number of aromatic amines is 1. The zero-order chi connectivity index (χ0) is 34.0. The van der Waals surface area contributed by atoms with Crippen molar-refractivity contribution in [3.8, 4) is 79.7 Å². The van der Waals surface area contributed by atoms with Crippen molar-refractivity contribution < 1.29 is 0 Å². The molecule has 0 spiro atoms. The molecule has 0 aliphatic heterocycles. The largest absolute Gasteiger partial charge is 0.260 e. The molecule has 0 unspecified atom stereocenters. The Morgan fingerprint density at radius 1 is 0.333 bits per heavy atom. The van der Waals surface area contributed by atoms with Crippen LogP contribution in [0.4, 0.5) is 0 Å². The summed E-state index contributed by atoms with van der Waals surface area (Å²) in [6.45, 7) is 0. The summed E-state index contributed by atoms with van der Waals surface area (Å²) in [5.74, 6) is 2.48. The Hall–Kier alpha value is -7.12. The molecule has 0 saturated heterocycles. The van der Waals surface area contributed by atoms with Crippen LogP contribution < -0.4 is 0 Å². The van der Waals surface area contributed by atoms with Crippen molar-refractivity contribution in [2.75, 3.05) is 0 Å². The van der Waals surface area contributed by atoms with Crippen LogP contribution >= 0.6 is 0 Å². The SMILES string of the molecule is c1ccc(-c2nc(-c3ccccc3)n(-c3n[nH]c(-n4c(-c5ccccc5)nc(-c5ccccc5)c4-c4ccccc4)n3)c2-c2ccccc2)cc1. The van der Waals surface area contributed by atoms with E-state index in [4.69, 9.17) is 20.1 Å². The Bertz CT molecular complexity index is 2360. The van der Waals surface area contributed by atoms with Crippen molar-refractivity contribution in [1.29, 1.82) is 0 Å². The number of nitrogens with one attached hydrogen (secondary N) is 1. The highest BCUT2D eigenvalue weighted by atomic mass is 15.4. The standard InChI is InChI=1S/C44H31N7/c1-7-19-31(20-8-1)37-39(33-23-11-3-12-24-33)50(41(45-37)35-27-15-5-16-28-35)43-47-44(49-48-43)51-40(34-25-13-4-14-26-34)38(32-21-9-2-10-22-32)46-42(51)36-29-17-6-18-30-36/h1-30H,(H,47,48,49). The summed E-state index contributed by atoms with van der Waals surface area (Å²) < 4.78 is 4.15. The third-order valence-corrected chi connectivity index (χ3v) is 8.88. The zero-order valence-electron chi connectivity index (χ0n) is 27.5. The van der Waals surface area contributed by atoms with Crippen molar-refractivity contribution >= 4 is 0 Å². The smallest absolute Gasteiger partial charge is 0.256 e. The quantitative estimate of drug-likeness (QED) is 0.176. The maximum absolute atomic E-state index is 5.32. The molecule has 9 aromatic rings. The molecule has 0 bridgehead atoms. The zero-order valence-corrected chi connectivity index (χ0v) is 27.5. The van der Waals surface area contributed by atoms with Gasteiger partial charge in [-0.15, -0.1) is 5.10 Å². The molecule has 0 atom stereocenters. The predicted octanol–water partition coefficient (Wildman–Crippen LogP) is 10.2. The van der Waals surface area contributed by atoms with Crippen LogP contribution in [0.1, 0.15) is 0 Å². The van der Waals surface area contributed by atoms with Gasteiger partial charge in [-0.1, -0.05) is 182 Å². The van der Waals surface area contributed by atoms with Crippen LogP contribution in [0.3, 0.4) is 0 Å². The lowest BCUT2D eigenvalue weighted by molar-refractivity contribution is 0.936. The minimum Gasteiger partial charge on any atom is -0.260 e. The van der Waals surface area contributed by atoms with Gasteiger partial charge in [0.15, 0.2) is 0 Å². The summed E-state index contributed by atoms with van der Waals surface area (Å²) >= 11 is 0. The molecule has 9 rings (SSSR count). The van der Waals surface area contributed by atoms with Crippen LogP contribution in [0.25, 0.3) is 79.7 Å². The molecule has 1 N–H and O–H groups in total. The number of hydrogen-bond donors (Lipinski definition) is 1. The molecule has 0 radical (unpaired) electrons. The highest BCUT2D eigenvalue weighted by Gasteiger charge is 2.28. The van der Waals surface area contributed by atoms with E-state index < -0.39 is 0 Å². The van der Waals surface area contributed by atoms with Crippen molar-refractivity contribution in [3.05, 3.63) is 182 Å². The summed E-state index contributed by atoms with van der Waals surface area (Å²) in [6, 6.07) is 61.6. The molecular formula is C44H31N7. The number of nitrogens with zero attached hydrogens (tertiary/aromatic N) is 6. The van der Waals surface area contributed by atoms with E-state index in [1.54, 1.807) is 0 Å². The normalized spacial score (nSPS) is 11.1. The van der Waals surface area contributed by atoms with Gasteiger partial charge in [0.05, 0.1) is 22.8 Å². The first-order valence-corrected chi connectivity index (χ1v) is 16.8. The Kier molecular flexibility index (Phi) is 7.68. The maximum atomic E-state index is 5.32. The minimum absolute atomic E-state index is 0.463. The summed E-state index contributed by atoms with van der Waals surface area (Å²) in [4.78, 5) is 15.9. The van der Waals surface area contributed by atoms with Gasteiger partial charge in [-0.3, -0.25) is 9.13 Å². The number of hydrogen-bond acceptors (Lipinski definition) is 4. The highest BCUT2D eigenvalue weighted by Crippen LogP contribution is 2.40. The highest BCUT2D eigenvalue weighted by molar-refractivity contribution is 5.85. The van der Waals surface area contributed by atoms with Crippen LogP contribution in [0.5, 0.6) is 0 Å². The average molecular weight is 658 g/mol. The van der Waals surface area contributed by atoms with Crippen molar-refractivity contribution in [2.24, 2.45) is 0 Å². The Morgan fingerprint density at radius 2 is 0.667 bits per heavy atom. The molecule has 6 aromatic carbocycles. The molecule has 0 aliphatic carbocycles. The third-order valence-electron chi connectivity index (χ3n) is 8.88. The summed E-state index contributed by atoms with van der Waals surface area (Å²) in [6.07, 6.45) is 0. The predicted molar refractivity (Wildman–Crippen MR) is 203 cm³/mol. The first-order chi connectivity index (χ1) is 25.3. The van der Waals surface area contributed by atoms with Gasteiger partial charge in [0.2, 0.25) is 5.95 Å². The van der Waals surface area contributed by atoms with Crippen molar-refractivity contribution in [1.82, 2.24) is 34.3 Å². The van der Waals surface area contributed by atoms with Gasteiger partial charge in [0, 0.05) is 33.4 Å². The summed E-state index contributed by atoms with van der Waals surface area (Å²) in [5.41, 5.74) is 9.42. The Morgan fingerprint density at radius 3 is 1.08 bits per heavy atom. The monoisotopic (exact) mass is 657 g/mol. The Balaban J connectivity index is 1.33. The molecule has 0 amide bonds. The van der Waals surface area contributed by atoms with E-state index in [2.05, 4.69) is 87.0 Å². The van der Waals surface area contributed by atoms with E-state index >= 15 is 0 Å². The number of H-pyrrole nitrogens is 1. The fourth-order valence-electron chi connectivity index (χ4n) is 6.57. The first kappa shape index (κ1) is 30.0. The van der Waals surface area contributed by atoms with Gasteiger partial charge in [0.1, 0.15) is 11.6 Å². The van der Waals surface area contributed by atoms with E-state index in [0.29, 0.717) is 11.9 Å². The molecule has 3 aromatic heterocycles. The lowest BCUT2D eigenvalue weighted by Gasteiger charge is -2.11. The van der Waals surface area contributed by atoms with Crippen LogP contribution in [0.2, 0.25) is 0 Å². The topological polar surface area (TPSA) is 77.2 Å². The van der Waals surface area contributed by atoms with Crippen LogP contribution in [-0.4, -0.2) is 34.3 Å². The van der Waals surface area contributed by atoms with E-state index in [9.17, 15) is 0 Å². The van der Waals surface area contributed by atoms with Crippen molar-refractivity contribution in [3.63, 3.8) is 0 Å². The average Bonchev–Trinajstić information content (AvgIpc) is 3.96. The van der Waals surface area contributed by atoms with E-state index in [1.165, 1.54) is 0 Å². The maximum Gasteiger partial charge on any atom is 0.256 e.